The molecule has 0 bridgehead atoms. The molecule has 0 atom stereocenters. The smallest absolute Gasteiger partial charge is 0.309 e. The van der Waals surface area contributed by atoms with Crippen molar-refractivity contribution in [2.75, 3.05) is 5.32 Å². The number of aryl methyl sites for hydroxylation is 2. The van der Waals surface area contributed by atoms with E-state index >= 15 is 0 Å². The van der Waals surface area contributed by atoms with E-state index in [-0.39, 0.29) is 18.7 Å². The van der Waals surface area contributed by atoms with Crippen LogP contribution in [0.25, 0.3) is 0 Å². The molecule has 23 heavy (non-hydrogen) atoms. The van der Waals surface area contributed by atoms with E-state index in [1.54, 1.807) is 5.38 Å². The molecular weight excluding hydrogens is 312 g/mol. The lowest BCUT2D eigenvalue weighted by Crippen LogP contribution is -2.17. The Morgan fingerprint density at radius 1 is 1.17 bits per heavy atom. The van der Waals surface area contributed by atoms with E-state index in [2.05, 4.69) is 24.1 Å². The van der Waals surface area contributed by atoms with Crippen LogP contribution >= 0.6 is 11.3 Å². The number of carboxylic acid groups (broad SMARTS) is 1. The fourth-order valence-corrected chi connectivity index (χ4v) is 3.18. The third-order valence-corrected chi connectivity index (χ3v) is 4.40. The molecule has 1 heterocycles. The van der Waals surface area contributed by atoms with Gasteiger partial charge in [-0.05, 0) is 24.0 Å². The molecule has 0 saturated heterocycles. The highest BCUT2D eigenvalue weighted by Crippen LogP contribution is 2.23. The molecule has 2 rings (SSSR count). The van der Waals surface area contributed by atoms with Gasteiger partial charge in [0.1, 0.15) is 5.01 Å². The normalized spacial score (nSPS) is 10.5. The maximum Gasteiger partial charge on any atom is 0.309 e. The zero-order chi connectivity index (χ0) is 16.8. The number of para-hydroxylation sites is 1. The predicted molar refractivity (Wildman–Crippen MR) is 91.0 cm³/mol. The standard InChI is InChI=1S/C17H20N2O3S/c1-3-11-6-5-7-12(4-2)17(11)19-14(20)9-15-18-13(10-23-15)8-16(21)22/h5-7,10H,3-4,8-9H2,1-2H3,(H,19,20)(H,21,22). The molecule has 1 amide bonds. The summed E-state index contributed by atoms with van der Waals surface area (Å²) in [5, 5.41) is 14.1. The first-order chi connectivity index (χ1) is 11.0. The Kier molecular flexibility index (Phi) is 5.87. The van der Waals surface area contributed by atoms with Gasteiger partial charge in [0.2, 0.25) is 5.91 Å². The molecule has 0 aliphatic rings. The van der Waals surface area contributed by atoms with Crippen LogP contribution in [0.2, 0.25) is 0 Å². The molecule has 6 heteroatoms. The number of aliphatic carboxylic acids is 1. The van der Waals surface area contributed by atoms with Gasteiger partial charge in [0.05, 0.1) is 18.5 Å². The van der Waals surface area contributed by atoms with Crippen LogP contribution in [0, 0.1) is 0 Å². The van der Waals surface area contributed by atoms with Crippen molar-refractivity contribution in [3.63, 3.8) is 0 Å². The maximum atomic E-state index is 12.3. The van der Waals surface area contributed by atoms with E-state index < -0.39 is 5.97 Å². The Bertz CT molecular complexity index is 687. The summed E-state index contributed by atoms with van der Waals surface area (Å²) in [6.45, 7) is 4.12. The van der Waals surface area contributed by atoms with Gasteiger partial charge in [0.15, 0.2) is 0 Å². The second-order valence-corrected chi connectivity index (χ2v) is 6.13. The van der Waals surface area contributed by atoms with Gasteiger partial charge in [-0.15, -0.1) is 11.3 Å². The van der Waals surface area contributed by atoms with Crippen molar-refractivity contribution in [1.82, 2.24) is 4.98 Å². The van der Waals surface area contributed by atoms with Gasteiger partial charge < -0.3 is 10.4 Å². The van der Waals surface area contributed by atoms with Crippen LogP contribution in [0.4, 0.5) is 5.69 Å². The summed E-state index contributed by atoms with van der Waals surface area (Å²) in [5.41, 5.74) is 3.62. The molecule has 0 aliphatic heterocycles. The summed E-state index contributed by atoms with van der Waals surface area (Å²) in [6.07, 6.45) is 1.75. The highest BCUT2D eigenvalue weighted by molar-refractivity contribution is 7.09. The largest absolute Gasteiger partial charge is 0.481 e. The van der Waals surface area contributed by atoms with Crippen molar-refractivity contribution in [2.24, 2.45) is 0 Å². The van der Waals surface area contributed by atoms with Crippen LogP contribution < -0.4 is 5.32 Å². The van der Waals surface area contributed by atoms with E-state index in [1.165, 1.54) is 11.3 Å². The number of nitrogens with one attached hydrogen (secondary N) is 1. The Balaban J connectivity index is 2.08. The van der Waals surface area contributed by atoms with Crippen LogP contribution in [0.3, 0.4) is 0 Å². The third kappa shape index (κ3) is 4.63. The minimum atomic E-state index is -0.921. The highest BCUT2D eigenvalue weighted by atomic mass is 32.1. The quantitative estimate of drug-likeness (QED) is 0.816. The highest BCUT2D eigenvalue weighted by Gasteiger charge is 2.13. The van der Waals surface area contributed by atoms with Gasteiger partial charge in [0, 0.05) is 11.1 Å². The summed E-state index contributed by atoms with van der Waals surface area (Å²) >= 11 is 1.32. The first kappa shape index (κ1) is 17.1. The first-order valence-corrected chi connectivity index (χ1v) is 8.47. The van der Waals surface area contributed by atoms with Crippen molar-refractivity contribution in [3.05, 3.63) is 45.4 Å². The number of benzene rings is 1. The Morgan fingerprint density at radius 3 is 2.39 bits per heavy atom. The molecule has 5 nitrogen and oxygen atoms in total. The molecule has 2 aromatic rings. The number of nitrogens with zero attached hydrogens (tertiary/aromatic N) is 1. The number of hydrogen-bond acceptors (Lipinski definition) is 4. The van der Waals surface area contributed by atoms with Gasteiger partial charge in [0.25, 0.3) is 0 Å². The number of carbonyl (C=O) groups excluding carboxylic acids is 1. The average molecular weight is 332 g/mol. The lowest BCUT2D eigenvalue weighted by Gasteiger charge is -2.14. The second-order valence-electron chi connectivity index (χ2n) is 5.19. The van der Waals surface area contributed by atoms with Crippen LogP contribution in [0.1, 0.15) is 35.7 Å². The molecule has 0 radical (unpaired) electrons. The number of carboxylic acids is 1. The summed E-state index contributed by atoms with van der Waals surface area (Å²) in [5.74, 6) is -1.05. The Hall–Kier alpha value is -2.21. The van der Waals surface area contributed by atoms with Gasteiger partial charge in [-0.1, -0.05) is 32.0 Å². The minimum Gasteiger partial charge on any atom is -0.481 e. The number of thiazole rings is 1. The van der Waals surface area contributed by atoms with Gasteiger partial charge in [-0.3, -0.25) is 9.59 Å². The van der Waals surface area contributed by atoms with Crippen molar-refractivity contribution in [1.29, 1.82) is 0 Å². The van der Waals surface area contributed by atoms with E-state index in [4.69, 9.17) is 5.11 Å². The van der Waals surface area contributed by atoms with Gasteiger partial charge in [-0.25, -0.2) is 4.98 Å². The number of hydrogen-bond donors (Lipinski definition) is 2. The molecule has 0 saturated carbocycles. The number of aromatic nitrogens is 1. The number of carbonyl (C=O) groups is 2. The summed E-state index contributed by atoms with van der Waals surface area (Å²) < 4.78 is 0. The van der Waals surface area contributed by atoms with Crippen LogP contribution in [0.5, 0.6) is 0 Å². The number of amides is 1. The molecular formula is C17H20N2O3S. The van der Waals surface area contributed by atoms with Crippen molar-refractivity contribution < 1.29 is 14.7 Å². The van der Waals surface area contributed by atoms with E-state index in [0.29, 0.717) is 10.7 Å². The molecule has 1 aromatic carbocycles. The van der Waals surface area contributed by atoms with Crippen LogP contribution in [-0.4, -0.2) is 22.0 Å². The molecule has 1 aromatic heterocycles. The fourth-order valence-electron chi connectivity index (χ4n) is 2.39. The third-order valence-electron chi connectivity index (χ3n) is 3.51. The first-order valence-electron chi connectivity index (χ1n) is 7.59. The summed E-state index contributed by atoms with van der Waals surface area (Å²) in [4.78, 5) is 27.2. The van der Waals surface area contributed by atoms with Gasteiger partial charge in [-0.2, -0.15) is 0 Å². The molecule has 0 fully saturated rings. The van der Waals surface area contributed by atoms with Crippen LogP contribution in [-0.2, 0) is 35.3 Å². The fraction of sp³-hybridized carbons (Fsp3) is 0.353. The van der Waals surface area contributed by atoms with E-state index in [9.17, 15) is 9.59 Å². The topological polar surface area (TPSA) is 79.3 Å². The Morgan fingerprint density at radius 2 is 1.83 bits per heavy atom. The van der Waals surface area contributed by atoms with E-state index in [1.807, 2.05) is 18.2 Å². The SMILES string of the molecule is CCc1cccc(CC)c1NC(=O)Cc1nc(CC(=O)O)cs1. The van der Waals surface area contributed by atoms with Gasteiger partial charge >= 0.3 is 5.97 Å². The molecule has 0 aliphatic carbocycles. The minimum absolute atomic E-state index is 0.114. The predicted octanol–water partition coefficient (Wildman–Crippen LogP) is 3.08. The average Bonchev–Trinajstić information content (AvgIpc) is 2.93. The summed E-state index contributed by atoms with van der Waals surface area (Å²) in [6, 6.07) is 6.04. The summed E-state index contributed by atoms with van der Waals surface area (Å²) in [7, 11) is 0. The number of rotatable bonds is 7. The van der Waals surface area contributed by atoms with E-state index in [0.717, 1.165) is 29.7 Å². The Labute approximate surface area is 139 Å². The lowest BCUT2D eigenvalue weighted by atomic mass is 10.0. The zero-order valence-corrected chi connectivity index (χ0v) is 14.1. The second kappa shape index (κ2) is 7.87. The monoisotopic (exact) mass is 332 g/mol. The zero-order valence-electron chi connectivity index (χ0n) is 13.3. The van der Waals surface area contributed by atoms with Crippen molar-refractivity contribution in [3.8, 4) is 0 Å². The molecule has 122 valence electrons. The van der Waals surface area contributed by atoms with Crippen molar-refractivity contribution >= 4 is 28.9 Å². The number of anilines is 1. The maximum absolute atomic E-state index is 12.3. The molecule has 0 unspecified atom stereocenters. The van der Waals surface area contributed by atoms with Crippen molar-refractivity contribution in [2.45, 2.75) is 39.5 Å². The lowest BCUT2D eigenvalue weighted by molar-refractivity contribution is -0.136. The molecule has 2 N–H and O–H groups in total. The molecule has 0 spiro atoms. The van der Waals surface area contributed by atoms with Crippen LogP contribution in [0.15, 0.2) is 23.6 Å².